The number of likely N-dealkylation sites (tertiary alicyclic amines) is 1. The molecular weight excluding hydrogens is 344 g/mol. The van der Waals surface area contributed by atoms with Gasteiger partial charge in [-0.15, -0.1) is 0 Å². The summed E-state index contributed by atoms with van der Waals surface area (Å²) in [6.45, 7) is 2.42. The summed E-state index contributed by atoms with van der Waals surface area (Å²) in [5.74, 6) is 0.570. The van der Waals surface area contributed by atoms with E-state index in [2.05, 4.69) is 41.7 Å². The molecule has 1 heterocycles. The van der Waals surface area contributed by atoms with Crippen molar-refractivity contribution in [2.45, 2.75) is 25.3 Å². The molecule has 3 aromatic carbocycles. The van der Waals surface area contributed by atoms with Crippen LogP contribution in [0.25, 0.3) is 0 Å². The molecule has 0 aromatic heterocycles. The van der Waals surface area contributed by atoms with Crippen LogP contribution in [-0.4, -0.2) is 23.9 Å². The fraction of sp³-hybridized carbons (Fsp3) is 0.240. The number of rotatable bonds is 5. The standard InChI is InChI=1S/C25H26N2O/c28-25(27-17-7-12-23(19-27)21-10-5-2-6-11-21)22-13-15-24(16-14-22)26-18-20-8-3-1-4-9-20/h1-6,8-11,13-16,23,26H,7,12,17-19H2. The van der Waals surface area contributed by atoms with E-state index in [1.54, 1.807) is 0 Å². The van der Waals surface area contributed by atoms with Crippen molar-refractivity contribution in [2.24, 2.45) is 0 Å². The summed E-state index contributed by atoms with van der Waals surface area (Å²) in [6, 6.07) is 28.7. The molecule has 0 bridgehead atoms. The Balaban J connectivity index is 1.37. The molecule has 3 aromatic rings. The van der Waals surface area contributed by atoms with Gasteiger partial charge in [-0.05, 0) is 48.2 Å². The van der Waals surface area contributed by atoms with Gasteiger partial charge in [0, 0.05) is 36.8 Å². The van der Waals surface area contributed by atoms with E-state index in [4.69, 9.17) is 0 Å². The Morgan fingerprint density at radius 3 is 2.29 bits per heavy atom. The van der Waals surface area contributed by atoms with Crippen molar-refractivity contribution >= 4 is 11.6 Å². The molecule has 1 fully saturated rings. The smallest absolute Gasteiger partial charge is 0.253 e. The molecule has 142 valence electrons. The summed E-state index contributed by atoms with van der Waals surface area (Å²) in [5.41, 5.74) is 4.36. The zero-order valence-corrected chi connectivity index (χ0v) is 16.1. The lowest BCUT2D eigenvalue weighted by molar-refractivity contribution is 0.0707. The van der Waals surface area contributed by atoms with E-state index >= 15 is 0 Å². The van der Waals surface area contributed by atoms with Crippen molar-refractivity contribution in [3.05, 3.63) is 102 Å². The van der Waals surface area contributed by atoms with Crippen molar-refractivity contribution in [3.63, 3.8) is 0 Å². The van der Waals surface area contributed by atoms with Gasteiger partial charge in [-0.2, -0.15) is 0 Å². The summed E-state index contributed by atoms with van der Waals surface area (Å²) in [5, 5.41) is 3.41. The lowest BCUT2D eigenvalue weighted by atomic mass is 9.90. The molecule has 4 rings (SSSR count). The van der Waals surface area contributed by atoms with Gasteiger partial charge in [-0.3, -0.25) is 4.79 Å². The number of hydrogen-bond donors (Lipinski definition) is 1. The van der Waals surface area contributed by atoms with Gasteiger partial charge in [0.1, 0.15) is 0 Å². The average Bonchev–Trinajstić information content (AvgIpc) is 2.79. The van der Waals surface area contributed by atoms with Crippen LogP contribution < -0.4 is 5.32 Å². The van der Waals surface area contributed by atoms with Gasteiger partial charge in [0.05, 0.1) is 0 Å². The molecule has 1 aliphatic rings. The van der Waals surface area contributed by atoms with Crippen LogP contribution in [0.4, 0.5) is 5.69 Å². The minimum Gasteiger partial charge on any atom is -0.381 e. The molecule has 0 aliphatic carbocycles. The van der Waals surface area contributed by atoms with Crippen LogP contribution >= 0.6 is 0 Å². The average molecular weight is 370 g/mol. The third-order valence-corrected chi connectivity index (χ3v) is 5.45. The number of nitrogens with zero attached hydrogens (tertiary/aromatic N) is 1. The minimum absolute atomic E-state index is 0.134. The van der Waals surface area contributed by atoms with Crippen LogP contribution in [0.1, 0.15) is 40.2 Å². The Bertz CT molecular complexity index is 891. The number of carbonyl (C=O) groups is 1. The van der Waals surface area contributed by atoms with Gasteiger partial charge >= 0.3 is 0 Å². The first-order chi connectivity index (χ1) is 13.8. The highest BCUT2D eigenvalue weighted by molar-refractivity contribution is 5.94. The number of hydrogen-bond acceptors (Lipinski definition) is 2. The first-order valence-corrected chi connectivity index (χ1v) is 10.0. The third-order valence-electron chi connectivity index (χ3n) is 5.45. The Morgan fingerprint density at radius 2 is 1.57 bits per heavy atom. The molecule has 0 spiro atoms. The van der Waals surface area contributed by atoms with E-state index in [0.717, 1.165) is 43.7 Å². The van der Waals surface area contributed by atoms with E-state index in [9.17, 15) is 4.79 Å². The van der Waals surface area contributed by atoms with Crippen molar-refractivity contribution in [3.8, 4) is 0 Å². The summed E-state index contributed by atoms with van der Waals surface area (Å²) in [7, 11) is 0. The number of amides is 1. The molecule has 1 aliphatic heterocycles. The van der Waals surface area contributed by atoms with Crippen LogP contribution in [0, 0.1) is 0 Å². The normalized spacial score (nSPS) is 16.6. The second kappa shape index (κ2) is 8.75. The van der Waals surface area contributed by atoms with E-state index < -0.39 is 0 Å². The highest BCUT2D eigenvalue weighted by atomic mass is 16.2. The molecule has 1 atom stereocenters. The van der Waals surface area contributed by atoms with Gasteiger partial charge in [0.25, 0.3) is 5.91 Å². The Kier molecular flexibility index (Phi) is 5.72. The first kappa shape index (κ1) is 18.3. The molecule has 1 amide bonds. The minimum atomic E-state index is 0.134. The number of piperidine rings is 1. The SMILES string of the molecule is O=C(c1ccc(NCc2ccccc2)cc1)N1CCCC(c2ccccc2)C1. The van der Waals surface area contributed by atoms with Crippen LogP contribution in [0.3, 0.4) is 0 Å². The number of anilines is 1. The summed E-state index contributed by atoms with van der Waals surface area (Å²) in [4.78, 5) is 15.0. The largest absolute Gasteiger partial charge is 0.381 e. The molecule has 3 heteroatoms. The Labute approximate surface area is 167 Å². The second-order valence-electron chi connectivity index (χ2n) is 7.42. The highest BCUT2D eigenvalue weighted by Gasteiger charge is 2.25. The van der Waals surface area contributed by atoms with Gasteiger partial charge in [-0.1, -0.05) is 60.7 Å². The summed E-state index contributed by atoms with van der Waals surface area (Å²) in [6.07, 6.45) is 2.21. The molecule has 0 radical (unpaired) electrons. The molecule has 28 heavy (non-hydrogen) atoms. The molecule has 1 saturated heterocycles. The highest BCUT2D eigenvalue weighted by Crippen LogP contribution is 2.27. The topological polar surface area (TPSA) is 32.3 Å². The van der Waals surface area contributed by atoms with Gasteiger partial charge in [-0.25, -0.2) is 0 Å². The van der Waals surface area contributed by atoms with Crippen molar-refractivity contribution in [1.82, 2.24) is 4.90 Å². The third kappa shape index (κ3) is 4.42. The fourth-order valence-electron chi connectivity index (χ4n) is 3.87. The Hall–Kier alpha value is -3.07. The van der Waals surface area contributed by atoms with Gasteiger partial charge in [0.2, 0.25) is 0 Å². The van der Waals surface area contributed by atoms with E-state index in [1.807, 2.05) is 53.4 Å². The molecular formula is C25H26N2O. The first-order valence-electron chi connectivity index (χ1n) is 10.0. The van der Waals surface area contributed by atoms with Crippen molar-refractivity contribution in [2.75, 3.05) is 18.4 Å². The van der Waals surface area contributed by atoms with E-state index in [-0.39, 0.29) is 5.91 Å². The maximum atomic E-state index is 13.0. The monoisotopic (exact) mass is 370 g/mol. The maximum absolute atomic E-state index is 13.0. The predicted molar refractivity (Wildman–Crippen MR) is 115 cm³/mol. The second-order valence-corrected chi connectivity index (χ2v) is 7.42. The zero-order chi connectivity index (χ0) is 19.2. The van der Waals surface area contributed by atoms with Gasteiger partial charge < -0.3 is 10.2 Å². The van der Waals surface area contributed by atoms with Crippen LogP contribution in [-0.2, 0) is 6.54 Å². The van der Waals surface area contributed by atoms with Crippen molar-refractivity contribution in [1.29, 1.82) is 0 Å². The van der Waals surface area contributed by atoms with E-state index in [1.165, 1.54) is 11.1 Å². The molecule has 0 saturated carbocycles. The molecule has 1 N–H and O–H groups in total. The summed E-state index contributed by atoms with van der Waals surface area (Å²) >= 11 is 0. The number of carbonyl (C=O) groups excluding carboxylic acids is 1. The Morgan fingerprint density at radius 1 is 0.893 bits per heavy atom. The van der Waals surface area contributed by atoms with Crippen LogP contribution in [0.15, 0.2) is 84.9 Å². The van der Waals surface area contributed by atoms with Crippen LogP contribution in [0.2, 0.25) is 0 Å². The quantitative estimate of drug-likeness (QED) is 0.659. The molecule has 1 unspecified atom stereocenters. The van der Waals surface area contributed by atoms with Crippen molar-refractivity contribution < 1.29 is 4.79 Å². The lowest BCUT2D eigenvalue weighted by Crippen LogP contribution is -2.39. The fourth-order valence-corrected chi connectivity index (χ4v) is 3.87. The summed E-state index contributed by atoms with van der Waals surface area (Å²) < 4.78 is 0. The lowest BCUT2D eigenvalue weighted by Gasteiger charge is -2.33. The maximum Gasteiger partial charge on any atom is 0.253 e. The van der Waals surface area contributed by atoms with Gasteiger partial charge in [0.15, 0.2) is 0 Å². The number of nitrogens with one attached hydrogen (secondary N) is 1. The zero-order valence-electron chi connectivity index (χ0n) is 16.1. The molecule has 3 nitrogen and oxygen atoms in total. The predicted octanol–water partition coefficient (Wildman–Crippen LogP) is 5.32. The number of benzene rings is 3. The van der Waals surface area contributed by atoms with Crippen LogP contribution in [0.5, 0.6) is 0 Å². The van der Waals surface area contributed by atoms with E-state index in [0.29, 0.717) is 5.92 Å².